The van der Waals surface area contributed by atoms with Gasteiger partial charge in [0.25, 0.3) is 0 Å². The molecule has 0 radical (unpaired) electrons. The Balaban J connectivity index is 2.06. The lowest BCUT2D eigenvalue weighted by molar-refractivity contribution is -0.145. The van der Waals surface area contributed by atoms with Crippen molar-refractivity contribution in [2.75, 3.05) is 46.4 Å². The van der Waals surface area contributed by atoms with Gasteiger partial charge in [-0.15, -0.1) is 0 Å². The van der Waals surface area contributed by atoms with Crippen LogP contribution in [-0.2, 0) is 28.7 Å². The van der Waals surface area contributed by atoms with E-state index in [1.807, 2.05) is 20.8 Å². The lowest BCUT2D eigenvalue weighted by Gasteiger charge is -2.39. The minimum Gasteiger partial charge on any atom is -0.379 e. The second-order valence-corrected chi connectivity index (χ2v) is 15.5. The van der Waals surface area contributed by atoms with E-state index in [4.69, 9.17) is 16.2 Å². The van der Waals surface area contributed by atoms with Crippen LogP contribution in [0.2, 0.25) is 0 Å². The van der Waals surface area contributed by atoms with Crippen LogP contribution in [0, 0.1) is 17.8 Å². The van der Waals surface area contributed by atoms with Gasteiger partial charge in [-0.25, -0.2) is 0 Å². The molecule has 14 nitrogen and oxygen atoms in total. The fraction of sp³-hybridized carbons (Fsp3) is 0.865. The zero-order valence-corrected chi connectivity index (χ0v) is 31.9. The zero-order chi connectivity index (χ0) is 37.5. The average molecular weight is 721 g/mol. The summed E-state index contributed by atoms with van der Waals surface area (Å²) in [7, 11) is 1.70. The van der Waals surface area contributed by atoms with Crippen molar-refractivity contribution in [3.63, 3.8) is 0 Å². The normalized spacial score (nSPS) is 28.9. The predicted octanol–water partition coefficient (Wildman–Crippen LogP) is 1.01. The number of nitrogens with one attached hydrogen (secondary N) is 4. The number of carbonyl (C=O) groups excluding carboxylic acids is 5. The lowest BCUT2D eigenvalue weighted by Crippen LogP contribution is -2.63. The third-order valence-electron chi connectivity index (χ3n) is 10.4. The average Bonchev–Trinajstić information content (AvgIpc) is 3.93. The van der Waals surface area contributed by atoms with Gasteiger partial charge in [-0.3, -0.25) is 28.9 Å². The highest BCUT2D eigenvalue weighted by molar-refractivity contribution is 5.96. The maximum absolute atomic E-state index is 14.6. The van der Waals surface area contributed by atoms with Gasteiger partial charge in [0, 0.05) is 39.3 Å². The van der Waals surface area contributed by atoms with Crippen molar-refractivity contribution in [3.8, 4) is 0 Å². The summed E-state index contributed by atoms with van der Waals surface area (Å²) in [6.45, 7) is 9.55. The summed E-state index contributed by atoms with van der Waals surface area (Å²) in [6.07, 6.45) is 9.92. The van der Waals surface area contributed by atoms with Gasteiger partial charge in [-0.05, 0) is 76.2 Å². The first-order valence-corrected chi connectivity index (χ1v) is 19.6. The molecule has 1 saturated heterocycles. The third-order valence-corrected chi connectivity index (χ3v) is 10.4. The van der Waals surface area contributed by atoms with E-state index in [1.54, 1.807) is 11.9 Å². The summed E-state index contributed by atoms with van der Waals surface area (Å²) >= 11 is 0. The standard InChI is InChI=1S/C37H68N8O6/c1-6-7-14-30-37(50)44(5)31(19-24(2)3)35(48)43-32(27-12-9-8-10-13-27)36(49)41-28(20-39)33(46)42-29(23-51-18-11-17-38)34(47)40-25(4)21-45(30)22-26-15-16-26/h24-32H,6-23,38-39H2,1-5H3,(H,40,47)(H,41,49)(H,42,46)(H,43,48)/t25-,28?,29?,30?,31+,32?/m1/s1. The van der Waals surface area contributed by atoms with E-state index in [0.29, 0.717) is 51.4 Å². The zero-order valence-electron chi connectivity index (χ0n) is 31.9. The van der Waals surface area contributed by atoms with Gasteiger partial charge in [-0.2, -0.15) is 0 Å². The monoisotopic (exact) mass is 721 g/mol. The van der Waals surface area contributed by atoms with Crippen molar-refractivity contribution >= 4 is 29.5 Å². The number of unbranched alkanes of at least 4 members (excludes halogenated alkanes) is 1. The molecule has 1 aliphatic heterocycles. The largest absolute Gasteiger partial charge is 0.379 e. The molecule has 0 spiro atoms. The molecule has 0 aromatic carbocycles. The number of hydrogen-bond acceptors (Lipinski definition) is 9. The van der Waals surface area contributed by atoms with E-state index < -0.39 is 47.9 Å². The van der Waals surface area contributed by atoms with Gasteiger partial charge in [-0.1, -0.05) is 52.9 Å². The summed E-state index contributed by atoms with van der Waals surface area (Å²) in [5.41, 5.74) is 11.7. The van der Waals surface area contributed by atoms with E-state index in [0.717, 1.165) is 57.8 Å². The Labute approximate surface area is 305 Å². The maximum atomic E-state index is 14.6. The van der Waals surface area contributed by atoms with Crippen LogP contribution in [0.5, 0.6) is 0 Å². The van der Waals surface area contributed by atoms with Gasteiger partial charge in [0.1, 0.15) is 24.2 Å². The van der Waals surface area contributed by atoms with Gasteiger partial charge < -0.3 is 42.4 Å². The van der Waals surface area contributed by atoms with Gasteiger partial charge in [0.2, 0.25) is 29.5 Å². The SMILES string of the molecule is CCCCC1C(=O)N(C)[C@@H](CC(C)C)C(=O)NC(C2CCCCC2)C(=O)NC(CN)C(=O)NC(COCCCN)C(=O)N[C@H](C)CN1CC1CC1. The highest BCUT2D eigenvalue weighted by Crippen LogP contribution is 2.32. The summed E-state index contributed by atoms with van der Waals surface area (Å²) < 4.78 is 5.73. The van der Waals surface area contributed by atoms with Crippen molar-refractivity contribution in [2.24, 2.45) is 29.2 Å². The summed E-state index contributed by atoms with van der Waals surface area (Å²) in [4.78, 5) is 74.1. The molecule has 0 aromatic rings. The highest BCUT2D eigenvalue weighted by Gasteiger charge is 2.40. The topological polar surface area (TPSA) is 201 Å². The molecule has 5 amide bonds. The van der Waals surface area contributed by atoms with Crippen molar-refractivity contribution in [2.45, 2.75) is 141 Å². The molecular weight excluding hydrogens is 652 g/mol. The van der Waals surface area contributed by atoms with E-state index >= 15 is 0 Å². The minimum absolute atomic E-state index is 0.0955. The van der Waals surface area contributed by atoms with Crippen molar-refractivity contribution in [1.29, 1.82) is 0 Å². The quantitative estimate of drug-likeness (QED) is 0.142. The third kappa shape index (κ3) is 13.6. The van der Waals surface area contributed by atoms with E-state index in [-0.39, 0.29) is 42.8 Å². The molecule has 51 heavy (non-hydrogen) atoms. The Morgan fingerprint density at radius 2 is 1.49 bits per heavy atom. The van der Waals surface area contributed by atoms with Crippen LogP contribution in [0.15, 0.2) is 0 Å². The van der Waals surface area contributed by atoms with Crippen LogP contribution in [-0.4, -0.2) is 122 Å². The number of rotatable bonds is 14. The minimum atomic E-state index is -1.15. The van der Waals surface area contributed by atoms with Crippen LogP contribution in [0.4, 0.5) is 0 Å². The number of likely N-dealkylation sites (N-methyl/N-ethyl adjacent to an activating group) is 1. The first kappa shape index (κ1) is 42.6. The number of amides is 5. The van der Waals surface area contributed by atoms with Gasteiger partial charge in [0.15, 0.2) is 0 Å². The second-order valence-electron chi connectivity index (χ2n) is 15.5. The molecule has 3 fully saturated rings. The van der Waals surface area contributed by atoms with Gasteiger partial charge in [0.05, 0.1) is 12.6 Å². The highest BCUT2D eigenvalue weighted by atomic mass is 16.5. The number of nitrogens with two attached hydrogens (primary N) is 2. The molecule has 0 bridgehead atoms. The summed E-state index contributed by atoms with van der Waals surface area (Å²) in [5.74, 6) is -1.65. The smallest absolute Gasteiger partial charge is 0.245 e. The molecule has 3 rings (SSSR count). The van der Waals surface area contributed by atoms with Crippen LogP contribution in [0.1, 0.15) is 105 Å². The maximum Gasteiger partial charge on any atom is 0.245 e. The van der Waals surface area contributed by atoms with Crippen molar-refractivity contribution < 1.29 is 28.7 Å². The number of hydrogen-bond donors (Lipinski definition) is 6. The molecular formula is C37H68N8O6. The van der Waals surface area contributed by atoms with Gasteiger partial charge >= 0.3 is 0 Å². The van der Waals surface area contributed by atoms with Crippen LogP contribution in [0.25, 0.3) is 0 Å². The first-order valence-electron chi connectivity index (χ1n) is 19.6. The fourth-order valence-corrected chi connectivity index (χ4v) is 7.29. The predicted molar refractivity (Wildman–Crippen MR) is 197 cm³/mol. The van der Waals surface area contributed by atoms with E-state index in [1.165, 1.54) is 0 Å². The molecule has 2 saturated carbocycles. The second kappa shape index (κ2) is 21.7. The Kier molecular flexibility index (Phi) is 18.1. The van der Waals surface area contributed by atoms with Crippen LogP contribution in [0.3, 0.4) is 0 Å². The van der Waals surface area contributed by atoms with E-state index in [9.17, 15) is 24.0 Å². The Hall–Kier alpha value is -2.81. The number of ether oxygens (including phenoxy) is 1. The summed E-state index contributed by atoms with van der Waals surface area (Å²) in [5, 5.41) is 11.6. The number of nitrogens with zero attached hydrogens (tertiary/aromatic N) is 2. The van der Waals surface area contributed by atoms with Crippen molar-refractivity contribution in [3.05, 3.63) is 0 Å². The molecule has 4 unspecified atom stereocenters. The Morgan fingerprint density at radius 3 is 2.10 bits per heavy atom. The lowest BCUT2D eigenvalue weighted by atomic mass is 9.83. The molecule has 6 atom stereocenters. The number of carbonyl (C=O) groups is 5. The molecule has 292 valence electrons. The Morgan fingerprint density at radius 1 is 0.824 bits per heavy atom. The van der Waals surface area contributed by atoms with Crippen LogP contribution < -0.4 is 32.7 Å². The van der Waals surface area contributed by atoms with Crippen molar-refractivity contribution in [1.82, 2.24) is 31.1 Å². The molecule has 1 heterocycles. The Bertz CT molecular complexity index is 1130. The molecule has 3 aliphatic rings. The van der Waals surface area contributed by atoms with E-state index in [2.05, 4.69) is 33.1 Å². The molecule has 14 heteroatoms. The first-order chi connectivity index (χ1) is 24.4. The summed E-state index contributed by atoms with van der Waals surface area (Å²) in [6, 6.07) is -4.80. The molecule has 2 aliphatic carbocycles. The fourth-order valence-electron chi connectivity index (χ4n) is 7.29. The molecule has 8 N–H and O–H groups in total. The van der Waals surface area contributed by atoms with Crippen LogP contribution >= 0.6 is 0 Å². The molecule has 0 aromatic heterocycles.